The molecular formula is C19H23N3O2. The Labute approximate surface area is 141 Å². The van der Waals surface area contributed by atoms with Crippen LogP contribution in [0.15, 0.2) is 29.1 Å². The number of nitrogens with zero attached hydrogens (tertiary/aromatic N) is 2. The molecule has 0 aliphatic heterocycles. The van der Waals surface area contributed by atoms with Crippen LogP contribution in [-0.2, 0) is 19.4 Å². The summed E-state index contributed by atoms with van der Waals surface area (Å²) in [5.74, 6) is -0.0888. The van der Waals surface area contributed by atoms with Crippen molar-refractivity contribution in [2.24, 2.45) is 0 Å². The van der Waals surface area contributed by atoms with Crippen LogP contribution in [0.2, 0.25) is 0 Å². The Morgan fingerprint density at radius 3 is 2.67 bits per heavy atom. The van der Waals surface area contributed by atoms with Gasteiger partial charge < -0.3 is 5.32 Å². The second-order valence-corrected chi connectivity index (χ2v) is 6.42. The molecule has 0 bridgehead atoms. The number of amides is 1. The van der Waals surface area contributed by atoms with E-state index in [9.17, 15) is 9.59 Å². The minimum Gasteiger partial charge on any atom is -0.350 e. The predicted octanol–water partition coefficient (Wildman–Crippen LogP) is 2.17. The summed E-state index contributed by atoms with van der Waals surface area (Å²) in [5.41, 5.74) is 4.66. The van der Waals surface area contributed by atoms with Gasteiger partial charge >= 0.3 is 5.69 Å². The molecule has 5 nitrogen and oxygen atoms in total. The predicted molar refractivity (Wildman–Crippen MR) is 93.4 cm³/mol. The molecule has 0 fully saturated rings. The molecule has 1 aromatic heterocycles. The number of carbonyl (C=O) groups excluding carboxylic acids is 1. The summed E-state index contributed by atoms with van der Waals surface area (Å²) in [6, 6.07) is 7.84. The van der Waals surface area contributed by atoms with Crippen molar-refractivity contribution in [2.45, 2.75) is 46.1 Å². The summed E-state index contributed by atoms with van der Waals surface area (Å²) in [7, 11) is 0. The van der Waals surface area contributed by atoms with Gasteiger partial charge in [-0.3, -0.25) is 9.36 Å². The highest BCUT2D eigenvalue weighted by atomic mass is 16.2. The van der Waals surface area contributed by atoms with Crippen LogP contribution >= 0.6 is 0 Å². The highest BCUT2D eigenvalue weighted by Gasteiger charge is 2.13. The lowest BCUT2D eigenvalue weighted by Gasteiger charge is -2.16. The first-order chi connectivity index (χ1) is 11.5. The number of hydrogen-bond donors (Lipinski definition) is 1. The lowest BCUT2D eigenvalue weighted by Crippen LogP contribution is -2.33. The number of aromatic nitrogens is 2. The smallest absolute Gasteiger partial charge is 0.348 e. The van der Waals surface area contributed by atoms with E-state index in [1.54, 1.807) is 11.5 Å². The molecule has 0 unspecified atom stereocenters. The van der Waals surface area contributed by atoms with Crippen molar-refractivity contribution in [1.29, 1.82) is 0 Å². The first kappa shape index (κ1) is 16.4. The number of rotatable bonds is 4. The molecule has 3 rings (SSSR count). The zero-order chi connectivity index (χ0) is 17.1. The van der Waals surface area contributed by atoms with E-state index >= 15 is 0 Å². The van der Waals surface area contributed by atoms with E-state index in [1.807, 2.05) is 25.1 Å². The third-order valence-corrected chi connectivity index (χ3v) is 4.58. The van der Waals surface area contributed by atoms with Crippen LogP contribution in [0.3, 0.4) is 0 Å². The van der Waals surface area contributed by atoms with Gasteiger partial charge in [-0.1, -0.05) is 6.07 Å². The summed E-state index contributed by atoms with van der Waals surface area (Å²) < 4.78 is 1.58. The molecule has 126 valence electrons. The molecule has 24 heavy (non-hydrogen) atoms. The second kappa shape index (κ2) is 6.99. The van der Waals surface area contributed by atoms with E-state index in [4.69, 9.17) is 0 Å². The van der Waals surface area contributed by atoms with Gasteiger partial charge in [-0.05, 0) is 68.9 Å². The van der Waals surface area contributed by atoms with E-state index in [0.717, 1.165) is 18.5 Å². The molecule has 0 radical (unpaired) electrons. The van der Waals surface area contributed by atoms with Gasteiger partial charge in [0.1, 0.15) is 0 Å². The number of fused-ring (bicyclic) bond motifs is 1. The second-order valence-electron chi connectivity index (χ2n) is 6.42. The molecule has 0 atom stereocenters. The number of aryl methyl sites for hydroxylation is 4. The third kappa shape index (κ3) is 3.55. The number of carbonyl (C=O) groups is 1. The summed E-state index contributed by atoms with van der Waals surface area (Å²) >= 11 is 0. The number of nitrogens with one attached hydrogen (secondary N) is 1. The van der Waals surface area contributed by atoms with Gasteiger partial charge in [-0.2, -0.15) is 4.98 Å². The quantitative estimate of drug-likeness (QED) is 0.937. The Morgan fingerprint density at radius 2 is 1.92 bits per heavy atom. The minimum atomic E-state index is -0.268. The Morgan fingerprint density at radius 1 is 1.17 bits per heavy atom. The van der Waals surface area contributed by atoms with Crippen LogP contribution in [0.4, 0.5) is 0 Å². The van der Waals surface area contributed by atoms with Crippen LogP contribution in [-0.4, -0.2) is 22.0 Å². The monoisotopic (exact) mass is 325 g/mol. The topological polar surface area (TPSA) is 64.0 Å². The van der Waals surface area contributed by atoms with Gasteiger partial charge in [0.2, 0.25) is 0 Å². The Hall–Kier alpha value is -2.43. The highest BCUT2D eigenvalue weighted by molar-refractivity contribution is 5.94. The molecule has 1 aromatic carbocycles. The van der Waals surface area contributed by atoms with Crippen molar-refractivity contribution < 1.29 is 4.79 Å². The average Bonchev–Trinajstić information content (AvgIpc) is 2.56. The number of benzene rings is 1. The molecular weight excluding hydrogens is 302 g/mol. The first-order valence-electron chi connectivity index (χ1n) is 8.49. The molecule has 1 aliphatic carbocycles. The zero-order valence-electron chi connectivity index (χ0n) is 14.3. The van der Waals surface area contributed by atoms with Gasteiger partial charge in [0.25, 0.3) is 5.91 Å². The molecule has 1 amide bonds. The van der Waals surface area contributed by atoms with Crippen LogP contribution in [0.25, 0.3) is 0 Å². The maximum Gasteiger partial charge on any atom is 0.348 e. The SMILES string of the molecule is Cc1cc(C)n(CCNC(=O)c2ccc3c(c2)CCCC3)c(=O)n1. The fourth-order valence-corrected chi connectivity index (χ4v) is 3.30. The molecule has 1 aliphatic rings. The van der Waals surface area contributed by atoms with Crippen LogP contribution in [0.1, 0.15) is 45.7 Å². The molecule has 0 saturated heterocycles. The minimum absolute atomic E-state index is 0.0888. The third-order valence-electron chi connectivity index (χ3n) is 4.58. The summed E-state index contributed by atoms with van der Waals surface area (Å²) in [5, 5.41) is 2.90. The average molecular weight is 325 g/mol. The van der Waals surface area contributed by atoms with Crippen molar-refractivity contribution in [3.05, 3.63) is 62.8 Å². The van der Waals surface area contributed by atoms with E-state index in [2.05, 4.69) is 16.4 Å². The largest absolute Gasteiger partial charge is 0.350 e. The van der Waals surface area contributed by atoms with Crippen molar-refractivity contribution in [3.8, 4) is 0 Å². The summed E-state index contributed by atoms with van der Waals surface area (Å²) in [6.07, 6.45) is 4.60. The van der Waals surface area contributed by atoms with Gasteiger partial charge in [-0.15, -0.1) is 0 Å². The summed E-state index contributed by atoms with van der Waals surface area (Å²) in [6.45, 7) is 4.51. The highest BCUT2D eigenvalue weighted by Crippen LogP contribution is 2.22. The Balaban J connectivity index is 1.63. The van der Waals surface area contributed by atoms with Gasteiger partial charge in [0, 0.05) is 30.0 Å². The van der Waals surface area contributed by atoms with E-state index in [0.29, 0.717) is 24.3 Å². The first-order valence-corrected chi connectivity index (χ1v) is 8.49. The van der Waals surface area contributed by atoms with Crippen molar-refractivity contribution >= 4 is 5.91 Å². The van der Waals surface area contributed by atoms with Crippen molar-refractivity contribution in [1.82, 2.24) is 14.9 Å². The van der Waals surface area contributed by atoms with Gasteiger partial charge in [0.05, 0.1) is 0 Å². The molecule has 1 N–H and O–H groups in total. The Kier molecular flexibility index (Phi) is 4.79. The summed E-state index contributed by atoms with van der Waals surface area (Å²) in [4.78, 5) is 28.2. The van der Waals surface area contributed by atoms with Crippen molar-refractivity contribution in [3.63, 3.8) is 0 Å². The standard InChI is InChI=1S/C19H23N3O2/c1-13-11-14(2)22(19(24)21-13)10-9-20-18(23)17-8-7-15-5-3-4-6-16(15)12-17/h7-8,11-12H,3-6,9-10H2,1-2H3,(H,20,23). The van der Waals surface area contributed by atoms with Crippen LogP contribution in [0.5, 0.6) is 0 Å². The molecule has 5 heteroatoms. The molecule has 1 heterocycles. The van der Waals surface area contributed by atoms with Gasteiger partial charge in [-0.25, -0.2) is 4.79 Å². The maximum atomic E-state index is 12.3. The van der Waals surface area contributed by atoms with Crippen LogP contribution < -0.4 is 11.0 Å². The Bertz CT molecular complexity index is 824. The van der Waals surface area contributed by atoms with Crippen molar-refractivity contribution in [2.75, 3.05) is 6.54 Å². The molecule has 0 spiro atoms. The van der Waals surface area contributed by atoms with E-state index in [-0.39, 0.29) is 11.6 Å². The van der Waals surface area contributed by atoms with E-state index < -0.39 is 0 Å². The normalized spacial score (nSPS) is 13.4. The number of hydrogen-bond acceptors (Lipinski definition) is 3. The zero-order valence-corrected chi connectivity index (χ0v) is 14.3. The van der Waals surface area contributed by atoms with E-state index in [1.165, 1.54) is 24.0 Å². The maximum absolute atomic E-state index is 12.3. The van der Waals surface area contributed by atoms with Gasteiger partial charge in [0.15, 0.2) is 0 Å². The van der Waals surface area contributed by atoms with Crippen LogP contribution in [0, 0.1) is 13.8 Å². The fraction of sp³-hybridized carbons (Fsp3) is 0.421. The lowest BCUT2D eigenvalue weighted by molar-refractivity contribution is 0.0952. The fourth-order valence-electron chi connectivity index (χ4n) is 3.30. The molecule has 0 saturated carbocycles. The molecule has 2 aromatic rings. The lowest BCUT2D eigenvalue weighted by atomic mass is 9.90.